The van der Waals surface area contributed by atoms with Crippen molar-refractivity contribution in [3.8, 4) is 33.4 Å². The molecule has 4 aromatic rings. The standard InChI is InChI=1S/C40H40O10/c1-24-22-33(36(31-18-12-8-13-19-31)37(32-20-14-9-15-21-32)35(24)30-16-10-7-11-17-30)38(48-27(4)43)40(50-29(6)45)39(49-28(5)44)34(47-26(3)42)23-46-25(2)41/h7-22,34,38-40H,23H2,1-6H3/t34-,38-,39-,40-/m1/s1. The van der Waals surface area contributed by atoms with Crippen LogP contribution in [0.5, 0.6) is 0 Å². The molecule has 4 aromatic carbocycles. The van der Waals surface area contributed by atoms with Crippen molar-refractivity contribution in [1.29, 1.82) is 0 Å². The highest BCUT2D eigenvalue weighted by Gasteiger charge is 2.46. The van der Waals surface area contributed by atoms with Gasteiger partial charge in [-0.3, -0.25) is 24.0 Å². The van der Waals surface area contributed by atoms with E-state index >= 15 is 0 Å². The van der Waals surface area contributed by atoms with E-state index in [1.807, 2.05) is 104 Å². The molecule has 260 valence electrons. The van der Waals surface area contributed by atoms with Crippen molar-refractivity contribution in [2.75, 3.05) is 6.61 Å². The summed E-state index contributed by atoms with van der Waals surface area (Å²) >= 11 is 0. The lowest BCUT2D eigenvalue weighted by Gasteiger charge is -2.37. The summed E-state index contributed by atoms with van der Waals surface area (Å²) in [4.78, 5) is 62.6. The van der Waals surface area contributed by atoms with Crippen molar-refractivity contribution >= 4 is 29.8 Å². The van der Waals surface area contributed by atoms with Crippen LogP contribution in [0.1, 0.15) is 51.8 Å². The normalized spacial score (nSPS) is 13.2. The molecule has 0 aliphatic heterocycles. The number of hydrogen-bond acceptors (Lipinski definition) is 10. The summed E-state index contributed by atoms with van der Waals surface area (Å²) in [5.41, 5.74) is 6.11. The van der Waals surface area contributed by atoms with Gasteiger partial charge < -0.3 is 23.7 Å². The minimum Gasteiger partial charge on any atom is -0.462 e. The Balaban J connectivity index is 2.15. The van der Waals surface area contributed by atoms with Crippen LogP contribution in [0.25, 0.3) is 33.4 Å². The number of esters is 5. The summed E-state index contributed by atoms with van der Waals surface area (Å²) in [6.07, 6.45) is -6.08. The van der Waals surface area contributed by atoms with E-state index in [-0.39, 0.29) is 0 Å². The molecule has 0 saturated heterocycles. The highest BCUT2D eigenvalue weighted by Crippen LogP contribution is 2.47. The Bertz CT molecular complexity index is 1820. The first-order valence-electron chi connectivity index (χ1n) is 16.0. The van der Waals surface area contributed by atoms with Crippen LogP contribution in [0.2, 0.25) is 0 Å². The molecule has 4 rings (SSSR count). The number of rotatable bonds is 13. The summed E-state index contributed by atoms with van der Waals surface area (Å²) in [5.74, 6) is -3.85. The van der Waals surface area contributed by atoms with Gasteiger partial charge in [0.15, 0.2) is 24.4 Å². The Labute approximate surface area is 291 Å². The average Bonchev–Trinajstić information content (AvgIpc) is 3.07. The second-order valence-corrected chi connectivity index (χ2v) is 11.6. The van der Waals surface area contributed by atoms with Gasteiger partial charge in [-0.15, -0.1) is 0 Å². The fourth-order valence-electron chi connectivity index (χ4n) is 5.99. The van der Waals surface area contributed by atoms with Gasteiger partial charge >= 0.3 is 29.8 Å². The van der Waals surface area contributed by atoms with E-state index in [0.29, 0.717) is 11.1 Å². The molecular weight excluding hydrogens is 640 g/mol. The maximum Gasteiger partial charge on any atom is 0.303 e. The summed E-state index contributed by atoms with van der Waals surface area (Å²) in [6.45, 7) is 7.12. The van der Waals surface area contributed by atoms with Crippen LogP contribution < -0.4 is 0 Å². The van der Waals surface area contributed by atoms with Crippen LogP contribution in [0, 0.1) is 6.92 Å². The highest BCUT2D eigenvalue weighted by atomic mass is 16.6. The summed E-state index contributed by atoms with van der Waals surface area (Å²) < 4.78 is 28.3. The van der Waals surface area contributed by atoms with Crippen LogP contribution in [-0.4, -0.2) is 54.8 Å². The summed E-state index contributed by atoms with van der Waals surface area (Å²) in [5, 5.41) is 0. The second kappa shape index (κ2) is 17.1. The number of aryl methyl sites for hydroxylation is 1. The van der Waals surface area contributed by atoms with Crippen molar-refractivity contribution < 1.29 is 47.7 Å². The van der Waals surface area contributed by atoms with E-state index in [2.05, 4.69) is 0 Å². The van der Waals surface area contributed by atoms with Crippen LogP contribution in [-0.2, 0) is 47.7 Å². The molecular formula is C40H40O10. The molecule has 0 aliphatic rings. The van der Waals surface area contributed by atoms with Crippen LogP contribution in [0.3, 0.4) is 0 Å². The third-order valence-corrected chi connectivity index (χ3v) is 7.70. The lowest BCUT2D eigenvalue weighted by molar-refractivity contribution is -0.203. The molecule has 0 saturated carbocycles. The van der Waals surface area contributed by atoms with Crippen LogP contribution >= 0.6 is 0 Å². The molecule has 0 aliphatic carbocycles. The Morgan fingerprint density at radius 3 is 1.36 bits per heavy atom. The SMILES string of the molecule is CC(=O)OC[C@@H](OC(C)=O)[C@@H](OC(C)=O)[C@H](OC(C)=O)[C@H](OC(C)=O)c1cc(C)c(-c2ccccc2)c(-c2ccccc2)c1-c1ccccc1. The molecule has 0 N–H and O–H groups in total. The van der Waals surface area contributed by atoms with Gasteiger partial charge in [-0.1, -0.05) is 97.1 Å². The largest absolute Gasteiger partial charge is 0.462 e. The lowest BCUT2D eigenvalue weighted by Crippen LogP contribution is -2.50. The molecule has 0 heterocycles. The van der Waals surface area contributed by atoms with Gasteiger partial charge in [0.05, 0.1) is 0 Å². The first-order chi connectivity index (χ1) is 23.9. The molecule has 10 nitrogen and oxygen atoms in total. The number of carbonyl (C=O) groups excluding carboxylic acids is 5. The fourth-order valence-corrected chi connectivity index (χ4v) is 5.99. The van der Waals surface area contributed by atoms with E-state index in [1.54, 1.807) is 0 Å². The van der Waals surface area contributed by atoms with Crippen LogP contribution in [0.15, 0.2) is 97.1 Å². The van der Waals surface area contributed by atoms with Gasteiger partial charge in [0.1, 0.15) is 6.61 Å². The van der Waals surface area contributed by atoms with Gasteiger partial charge in [-0.25, -0.2) is 0 Å². The Kier molecular flexibility index (Phi) is 12.6. The Morgan fingerprint density at radius 1 is 0.500 bits per heavy atom. The van der Waals surface area contributed by atoms with E-state index in [9.17, 15) is 24.0 Å². The predicted molar refractivity (Wildman–Crippen MR) is 185 cm³/mol. The minimum atomic E-state index is -1.60. The number of ether oxygens (including phenoxy) is 5. The van der Waals surface area contributed by atoms with Crippen molar-refractivity contribution in [3.63, 3.8) is 0 Å². The second-order valence-electron chi connectivity index (χ2n) is 11.6. The molecule has 0 amide bonds. The Hall–Kier alpha value is -5.77. The molecule has 0 unspecified atom stereocenters. The molecule has 0 fully saturated rings. The van der Waals surface area contributed by atoms with Gasteiger partial charge in [-0.2, -0.15) is 0 Å². The van der Waals surface area contributed by atoms with E-state index in [4.69, 9.17) is 23.7 Å². The maximum atomic E-state index is 13.0. The van der Waals surface area contributed by atoms with Gasteiger partial charge in [0.2, 0.25) is 0 Å². The summed E-state index contributed by atoms with van der Waals surface area (Å²) in [6, 6.07) is 30.8. The van der Waals surface area contributed by atoms with E-state index in [1.165, 1.54) is 6.92 Å². The first kappa shape index (κ1) is 37.1. The quantitative estimate of drug-likeness (QED) is 0.108. The average molecular weight is 681 g/mol. The molecule has 0 bridgehead atoms. The van der Waals surface area contributed by atoms with Gasteiger partial charge in [-0.05, 0) is 45.9 Å². The zero-order valence-electron chi connectivity index (χ0n) is 28.8. The first-order valence-corrected chi connectivity index (χ1v) is 16.0. The zero-order chi connectivity index (χ0) is 36.4. The lowest BCUT2D eigenvalue weighted by atomic mass is 9.79. The molecule has 4 atom stereocenters. The van der Waals surface area contributed by atoms with Crippen molar-refractivity contribution in [1.82, 2.24) is 0 Å². The van der Waals surface area contributed by atoms with Gasteiger partial charge in [0, 0.05) is 40.2 Å². The van der Waals surface area contributed by atoms with Crippen LogP contribution in [0.4, 0.5) is 0 Å². The van der Waals surface area contributed by atoms with Gasteiger partial charge in [0.25, 0.3) is 0 Å². The molecule has 0 spiro atoms. The highest BCUT2D eigenvalue weighted by molar-refractivity contribution is 5.97. The number of carbonyl (C=O) groups is 5. The van der Waals surface area contributed by atoms with Crippen molar-refractivity contribution in [2.45, 2.75) is 66.0 Å². The van der Waals surface area contributed by atoms with Crippen molar-refractivity contribution in [3.05, 3.63) is 108 Å². The monoisotopic (exact) mass is 680 g/mol. The number of benzene rings is 4. The smallest absolute Gasteiger partial charge is 0.303 e. The minimum absolute atomic E-state index is 0.417. The summed E-state index contributed by atoms with van der Waals surface area (Å²) in [7, 11) is 0. The Morgan fingerprint density at radius 2 is 0.920 bits per heavy atom. The molecule has 0 radical (unpaired) electrons. The predicted octanol–water partition coefficient (Wildman–Crippen LogP) is 6.96. The van der Waals surface area contributed by atoms with E-state index in [0.717, 1.165) is 61.1 Å². The fraction of sp³-hybridized carbons (Fsp3) is 0.275. The third kappa shape index (κ3) is 9.43. The maximum absolute atomic E-state index is 13.0. The molecule has 10 heteroatoms. The number of hydrogen-bond donors (Lipinski definition) is 0. The molecule has 50 heavy (non-hydrogen) atoms. The van der Waals surface area contributed by atoms with E-state index < -0.39 is 60.9 Å². The zero-order valence-corrected chi connectivity index (χ0v) is 28.8. The third-order valence-electron chi connectivity index (χ3n) is 7.70. The molecule has 0 aromatic heterocycles. The topological polar surface area (TPSA) is 132 Å². The van der Waals surface area contributed by atoms with Crippen molar-refractivity contribution in [2.24, 2.45) is 0 Å².